The quantitative estimate of drug-likeness (QED) is 0.809. The van der Waals surface area contributed by atoms with Crippen LogP contribution in [0.4, 0.5) is 9.18 Å². The second-order valence-corrected chi connectivity index (χ2v) is 6.78. The molecule has 0 unspecified atom stereocenters. The molecule has 1 atom stereocenters. The molecule has 2 fully saturated rings. The van der Waals surface area contributed by atoms with Gasteiger partial charge in [0.1, 0.15) is 11.9 Å². The molecule has 8 heteroatoms. The van der Waals surface area contributed by atoms with Crippen LogP contribution in [0.1, 0.15) is 27.6 Å². The average molecular weight is 381 g/mol. The maximum atomic E-state index is 14.9. The summed E-state index contributed by atoms with van der Waals surface area (Å²) in [4.78, 5) is 26.8. The van der Waals surface area contributed by atoms with Gasteiger partial charge >= 0.3 is 6.09 Å². The number of rotatable bonds is 4. The number of carbonyl (C=O) groups is 2. The monoisotopic (exact) mass is 381 g/mol. The van der Waals surface area contributed by atoms with E-state index in [9.17, 15) is 14.0 Å². The van der Waals surface area contributed by atoms with Gasteiger partial charge in [0.2, 0.25) is 5.91 Å². The Morgan fingerprint density at radius 3 is 2.96 bits per heavy atom. The zero-order chi connectivity index (χ0) is 19.2. The minimum atomic E-state index is -0.515. The average Bonchev–Trinajstić information content (AvgIpc) is 3.00. The lowest BCUT2D eigenvalue weighted by molar-refractivity contribution is -0.119. The molecule has 1 N–H and O–H groups in total. The smallest absolute Gasteiger partial charge is 0.414 e. The molecule has 1 aliphatic carbocycles. The molecule has 3 aliphatic rings. The van der Waals surface area contributed by atoms with Crippen LogP contribution in [0, 0.1) is 0 Å². The second kappa shape index (κ2) is 9.03. The van der Waals surface area contributed by atoms with Crippen LogP contribution in [-0.4, -0.2) is 67.3 Å². The number of halogens is 1. The Morgan fingerprint density at radius 1 is 1.33 bits per heavy atom. The molecule has 2 saturated heterocycles. The summed E-state index contributed by atoms with van der Waals surface area (Å²) in [5, 5.41) is 2.65. The van der Waals surface area contributed by atoms with E-state index in [2.05, 4.69) is 5.32 Å². The lowest BCUT2D eigenvalue weighted by Crippen LogP contribution is -2.45. The Bertz CT molecular complexity index is 672. The number of ether oxygens (including phenoxy) is 2. The Hall–Kier alpha value is -2.35. The molecule has 2 amide bonds. The van der Waals surface area contributed by atoms with Gasteiger partial charge in [-0.1, -0.05) is 12.2 Å². The summed E-state index contributed by atoms with van der Waals surface area (Å²) in [6, 6.07) is 0. The lowest BCUT2D eigenvalue weighted by atomic mass is 10.2. The maximum Gasteiger partial charge on any atom is 0.414 e. The van der Waals surface area contributed by atoms with Gasteiger partial charge in [0.15, 0.2) is 0 Å². The van der Waals surface area contributed by atoms with Crippen molar-refractivity contribution in [1.82, 2.24) is 15.1 Å². The number of nitrogens with one attached hydrogen (secondary N) is 1. The van der Waals surface area contributed by atoms with E-state index in [1.54, 1.807) is 0 Å². The summed E-state index contributed by atoms with van der Waals surface area (Å²) >= 11 is 0. The van der Waals surface area contributed by atoms with Gasteiger partial charge in [-0.05, 0) is 18.9 Å². The molecule has 0 aromatic heterocycles. The zero-order valence-electron chi connectivity index (χ0n) is 15.6. The van der Waals surface area contributed by atoms with E-state index in [1.165, 1.54) is 17.9 Å². The van der Waals surface area contributed by atoms with Crippen LogP contribution in [0.5, 0.6) is 0 Å². The number of hydrogen-bond acceptors (Lipinski definition) is 5. The molecule has 0 saturated carbocycles. The molecule has 2 aliphatic heterocycles. The third-order valence-corrected chi connectivity index (χ3v) is 4.77. The van der Waals surface area contributed by atoms with Gasteiger partial charge < -0.3 is 19.7 Å². The van der Waals surface area contributed by atoms with Crippen LogP contribution in [0.3, 0.4) is 0 Å². The highest BCUT2D eigenvalue weighted by molar-refractivity contribution is 5.73. The van der Waals surface area contributed by atoms with Crippen LogP contribution < -0.4 is 5.32 Å². The Labute approximate surface area is 159 Å². The molecule has 7 nitrogen and oxygen atoms in total. The van der Waals surface area contributed by atoms with E-state index in [0.717, 1.165) is 13.0 Å². The van der Waals surface area contributed by atoms with Crippen molar-refractivity contribution in [2.45, 2.75) is 32.3 Å². The molecule has 150 valence electrons. The highest BCUT2D eigenvalue weighted by Gasteiger charge is 2.30. The van der Waals surface area contributed by atoms with E-state index in [-0.39, 0.29) is 19.3 Å². The third kappa shape index (κ3) is 5.09. The molecule has 0 aromatic carbocycles. The molecule has 0 bridgehead atoms. The normalized spacial score (nSPS) is 24.1. The van der Waals surface area contributed by atoms with Crippen LogP contribution in [0.2, 0.25) is 0 Å². The van der Waals surface area contributed by atoms with Gasteiger partial charge in [0.05, 0.1) is 18.8 Å². The van der Waals surface area contributed by atoms with Crippen molar-refractivity contribution in [3.05, 3.63) is 35.4 Å². The van der Waals surface area contributed by atoms with Crippen LogP contribution >= 0.6 is 0 Å². The summed E-state index contributed by atoms with van der Waals surface area (Å²) in [5.74, 6) is -0.517. The Balaban J connectivity index is 0.00000280. The van der Waals surface area contributed by atoms with Crippen molar-refractivity contribution in [3.63, 3.8) is 0 Å². The van der Waals surface area contributed by atoms with E-state index in [1.807, 2.05) is 17.1 Å². The van der Waals surface area contributed by atoms with Crippen molar-refractivity contribution >= 4 is 12.0 Å². The number of allylic oxidation sites excluding steroid dienone is 4. The zero-order valence-corrected chi connectivity index (χ0v) is 15.6. The molecule has 2 heterocycles. The first kappa shape index (κ1) is 19.4. The van der Waals surface area contributed by atoms with Gasteiger partial charge in [-0.2, -0.15) is 0 Å². The number of nitrogens with zero attached hydrogens (tertiary/aromatic N) is 2. The molecule has 27 heavy (non-hydrogen) atoms. The van der Waals surface area contributed by atoms with Gasteiger partial charge in [0.25, 0.3) is 0 Å². The van der Waals surface area contributed by atoms with Gasteiger partial charge in [-0.15, -0.1) is 0 Å². The van der Waals surface area contributed by atoms with Crippen molar-refractivity contribution < 1.29 is 24.9 Å². The van der Waals surface area contributed by atoms with E-state index in [0.29, 0.717) is 57.1 Å². The summed E-state index contributed by atoms with van der Waals surface area (Å²) in [5.41, 5.74) is 1.06. The fraction of sp³-hybridized carbons (Fsp3) is 0.579. The van der Waals surface area contributed by atoms with Crippen molar-refractivity contribution in [2.75, 3.05) is 39.4 Å². The van der Waals surface area contributed by atoms with Gasteiger partial charge in [0, 0.05) is 46.7 Å². The summed E-state index contributed by atoms with van der Waals surface area (Å²) in [6.45, 7) is 4.81. The van der Waals surface area contributed by atoms with Crippen LogP contribution in [-0.2, 0) is 14.3 Å². The predicted molar refractivity (Wildman–Crippen MR) is 99.4 cm³/mol. The standard InChI is InChI=1S/C19H26FN3O4.H2/c1-14(24)21-13-16-6-8-23(19(25)27-16)15-4-2-5-18(17(20)12-15)22-7-3-10-26-11-9-22;/h4-5,12,16H,2-3,6-11,13H2,1H3,(H,21,24);1H/t16-;/m1./s1. The highest BCUT2D eigenvalue weighted by atomic mass is 19.1. The minimum Gasteiger partial charge on any atom is -0.444 e. The molecule has 0 radical (unpaired) electrons. The van der Waals surface area contributed by atoms with E-state index >= 15 is 0 Å². The minimum absolute atomic E-state index is 0. The Kier molecular flexibility index (Phi) is 6.49. The molecular formula is C19H28FN3O4. The first-order chi connectivity index (χ1) is 13.0. The summed E-state index contributed by atoms with van der Waals surface area (Å²) in [6.07, 6.45) is 6.17. The fourth-order valence-electron chi connectivity index (χ4n) is 3.37. The first-order valence-corrected chi connectivity index (χ1v) is 9.38. The van der Waals surface area contributed by atoms with E-state index in [4.69, 9.17) is 9.47 Å². The molecule has 3 rings (SSSR count). The molecule has 0 aromatic rings. The largest absolute Gasteiger partial charge is 0.444 e. The van der Waals surface area contributed by atoms with Crippen LogP contribution in [0.15, 0.2) is 35.4 Å². The Morgan fingerprint density at radius 2 is 2.19 bits per heavy atom. The third-order valence-electron chi connectivity index (χ3n) is 4.77. The predicted octanol–water partition coefficient (Wildman–Crippen LogP) is 2.33. The fourth-order valence-corrected chi connectivity index (χ4v) is 3.37. The second-order valence-electron chi connectivity index (χ2n) is 6.78. The molecule has 0 spiro atoms. The van der Waals surface area contributed by atoms with Crippen LogP contribution in [0.25, 0.3) is 0 Å². The first-order valence-electron chi connectivity index (χ1n) is 9.38. The topological polar surface area (TPSA) is 71.1 Å². The van der Waals surface area contributed by atoms with Crippen molar-refractivity contribution in [2.24, 2.45) is 0 Å². The maximum absolute atomic E-state index is 14.9. The summed E-state index contributed by atoms with van der Waals surface area (Å²) < 4.78 is 25.7. The van der Waals surface area contributed by atoms with Crippen molar-refractivity contribution in [3.8, 4) is 0 Å². The number of carbonyl (C=O) groups excluding carboxylic acids is 2. The van der Waals surface area contributed by atoms with E-state index < -0.39 is 6.09 Å². The highest BCUT2D eigenvalue weighted by Crippen LogP contribution is 2.27. The van der Waals surface area contributed by atoms with Crippen molar-refractivity contribution in [1.29, 1.82) is 0 Å². The summed E-state index contributed by atoms with van der Waals surface area (Å²) in [7, 11) is 0. The SMILES string of the molecule is CC(=O)NC[C@H]1CCN(C2=CCC=C(N3CCCOCC3)C(F)=C2)C(=O)O1.[HH]. The lowest BCUT2D eigenvalue weighted by Gasteiger charge is -2.32. The molecular weight excluding hydrogens is 353 g/mol. The van der Waals surface area contributed by atoms with Gasteiger partial charge in [-0.3, -0.25) is 9.69 Å². The number of hydrogen-bond donors (Lipinski definition) is 1. The number of amides is 2. The number of cyclic esters (lactones) is 1. The van der Waals surface area contributed by atoms with Gasteiger partial charge in [-0.25, -0.2) is 9.18 Å².